The number of anilines is 2. The van der Waals surface area contributed by atoms with E-state index in [1.54, 1.807) is 7.11 Å². The third-order valence-electron chi connectivity index (χ3n) is 5.11. The summed E-state index contributed by atoms with van der Waals surface area (Å²) in [7, 11) is 1.61. The number of aryl methyl sites for hydroxylation is 1. The number of nitrogens with one attached hydrogen (secondary N) is 2. The van der Waals surface area contributed by atoms with Crippen molar-refractivity contribution in [2.24, 2.45) is 11.8 Å². The molecule has 0 spiro atoms. The second-order valence-corrected chi connectivity index (χ2v) is 7.13. The van der Waals surface area contributed by atoms with Crippen molar-refractivity contribution < 1.29 is 14.3 Å². The van der Waals surface area contributed by atoms with Crippen LogP contribution in [-0.4, -0.2) is 18.9 Å². The van der Waals surface area contributed by atoms with Crippen LogP contribution in [0.25, 0.3) is 0 Å². The average Bonchev–Trinajstić information content (AvgIpc) is 2.68. The summed E-state index contributed by atoms with van der Waals surface area (Å²) in [5.74, 6) is 0.756. The summed E-state index contributed by atoms with van der Waals surface area (Å²) in [4.78, 5) is 25.0. The van der Waals surface area contributed by atoms with Crippen molar-refractivity contribution in [2.75, 3.05) is 17.7 Å². The lowest BCUT2D eigenvalue weighted by molar-refractivity contribution is -0.125. The summed E-state index contributed by atoms with van der Waals surface area (Å²) in [6, 6.07) is 15.1. The summed E-state index contributed by atoms with van der Waals surface area (Å²) in [6.45, 7) is 2.00. The first-order valence-corrected chi connectivity index (χ1v) is 9.37. The van der Waals surface area contributed by atoms with Crippen molar-refractivity contribution in [2.45, 2.75) is 32.6 Å². The second-order valence-electron chi connectivity index (χ2n) is 7.13. The van der Waals surface area contributed by atoms with E-state index < -0.39 is 0 Å². The van der Waals surface area contributed by atoms with Gasteiger partial charge in [-0.25, -0.2) is 0 Å². The molecule has 1 saturated carbocycles. The van der Waals surface area contributed by atoms with Crippen molar-refractivity contribution in [3.8, 4) is 5.75 Å². The smallest absolute Gasteiger partial charge is 0.227 e. The minimum Gasteiger partial charge on any atom is -0.497 e. The molecule has 1 fully saturated rings. The molecular formula is C22H26N2O3. The first-order valence-electron chi connectivity index (χ1n) is 9.37. The third-order valence-corrected chi connectivity index (χ3v) is 5.11. The fourth-order valence-corrected chi connectivity index (χ4v) is 3.50. The lowest BCUT2D eigenvalue weighted by Crippen LogP contribution is -2.32. The van der Waals surface area contributed by atoms with E-state index in [2.05, 4.69) is 10.6 Å². The minimum atomic E-state index is -0.0462. The molecule has 2 amide bonds. The van der Waals surface area contributed by atoms with Crippen LogP contribution in [0.15, 0.2) is 48.5 Å². The zero-order chi connectivity index (χ0) is 19.2. The molecule has 0 aromatic heterocycles. The van der Waals surface area contributed by atoms with Gasteiger partial charge in [-0.15, -0.1) is 0 Å². The normalized spacial score (nSPS) is 19.2. The summed E-state index contributed by atoms with van der Waals surface area (Å²) < 4.78 is 5.12. The maximum Gasteiger partial charge on any atom is 0.227 e. The number of carbonyl (C=O) groups is 2. The fourth-order valence-electron chi connectivity index (χ4n) is 3.50. The van der Waals surface area contributed by atoms with Crippen LogP contribution < -0.4 is 15.4 Å². The average molecular weight is 366 g/mol. The van der Waals surface area contributed by atoms with Crippen molar-refractivity contribution >= 4 is 23.2 Å². The van der Waals surface area contributed by atoms with E-state index in [-0.39, 0.29) is 23.7 Å². The van der Waals surface area contributed by atoms with Crippen molar-refractivity contribution in [1.82, 2.24) is 0 Å². The molecule has 1 aliphatic carbocycles. The van der Waals surface area contributed by atoms with Gasteiger partial charge in [0.25, 0.3) is 0 Å². The Morgan fingerprint density at radius 3 is 1.93 bits per heavy atom. The lowest BCUT2D eigenvalue weighted by atomic mass is 9.81. The minimum absolute atomic E-state index is 0.0257. The van der Waals surface area contributed by atoms with Crippen molar-refractivity contribution in [3.63, 3.8) is 0 Å². The highest BCUT2D eigenvalue weighted by atomic mass is 16.5. The highest BCUT2D eigenvalue weighted by molar-refractivity contribution is 5.94. The maximum absolute atomic E-state index is 12.5. The highest BCUT2D eigenvalue weighted by Gasteiger charge is 2.30. The summed E-state index contributed by atoms with van der Waals surface area (Å²) in [5, 5.41) is 5.95. The number of rotatable bonds is 5. The van der Waals surface area contributed by atoms with Gasteiger partial charge in [-0.1, -0.05) is 12.1 Å². The number of methoxy groups -OCH3 is 1. The molecule has 0 aliphatic heterocycles. The highest BCUT2D eigenvalue weighted by Crippen LogP contribution is 2.31. The first kappa shape index (κ1) is 19.0. The lowest BCUT2D eigenvalue weighted by Gasteiger charge is -2.27. The summed E-state index contributed by atoms with van der Waals surface area (Å²) >= 11 is 0. The predicted octanol–water partition coefficient (Wildman–Crippen LogP) is 4.39. The molecule has 0 radical (unpaired) electrons. The number of amides is 2. The van der Waals surface area contributed by atoms with E-state index in [1.807, 2.05) is 55.5 Å². The summed E-state index contributed by atoms with van der Waals surface area (Å²) in [6.07, 6.45) is 2.93. The van der Waals surface area contributed by atoms with Crippen LogP contribution >= 0.6 is 0 Å². The van der Waals surface area contributed by atoms with Crippen LogP contribution in [0, 0.1) is 18.8 Å². The van der Waals surface area contributed by atoms with Gasteiger partial charge in [0.1, 0.15) is 5.75 Å². The van der Waals surface area contributed by atoms with Crippen LogP contribution in [0.5, 0.6) is 5.75 Å². The van der Waals surface area contributed by atoms with Crippen LogP contribution in [0.3, 0.4) is 0 Å². The zero-order valence-corrected chi connectivity index (χ0v) is 15.8. The molecule has 3 rings (SSSR count). The number of hydrogen-bond acceptors (Lipinski definition) is 3. The Labute approximate surface area is 160 Å². The molecule has 0 bridgehead atoms. The number of benzene rings is 2. The standard InChI is InChI=1S/C22H26N2O3/c1-15-4-3-5-19(14-15)24-22(26)17-8-6-16(7-9-17)21(25)23-18-10-12-20(27-2)13-11-18/h3-5,10-14,16-17H,6-9H2,1-2H3,(H,23,25)(H,24,26). The van der Waals surface area contributed by atoms with Gasteiger partial charge in [-0.05, 0) is 74.6 Å². The SMILES string of the molecule is COc1ccc(NC(=O)C2CCC(C(=O)Nc3cccc(C)c3)CC2)cc1. The Bertz CT molecular complexity index is 793. The Morgan fingerprint density at radius 1 is 0.852 bits per heavy atom. The van der Waals surface area contributed by atoms with E-state index in [4.69, 9.17) is 4.74 Å². The molecule has 2 N–H and O–H groups in total. The molecule has 2 aromatic rings. The Morgan fingerprint density at radius 2 is 1.41 bits per heavy atom. The first-order chi connectivity index (χ1) is 13.0. The molecule has 1 aliphatic rings. The quantitative estimate of drug-likeness (QED) is 0.825. The van der Waals surface area contributed by atoms with Gasteiger partial charge in [0, 0.05) is 23.2 Å². The summed E-state index contributed by atoms with van der Waals surface area (Å²) in [5.41, 5.74) is 2.71. The van der Waals surface area contributed by atoms with Gasteiger partial charge in [0.15, 0.2) is 0 Å². The van der Waals surface area contributed by atoms with Crippen LogP contribution in [-0.2, 0) is 9.59 Å². The van der Waals surface area contributed by atoms with E-state index in [1.165, 1.54) is 0 Å². The van der Waals surface area contributed by atoms with Crippen molar-refractivity contribution in [3.05, 3.63) is 54.1 Å². The molecule has 5 nitrogen and oxygen atoms in total. The Balaban J connectivity index is 1.48. The molecule has 2 aromatic carbocycles. The van der Waals surface area contributed by atoms with Gasteiger partial charge in [0.2, 0.25) is 11.8 Å². The Hall–Kier alpha value is -2.82. The number of ether oxygens (including phenoxy) is 1. The van der Waals surface area contributed by atoms with Gasteiger partial charge in [-0.2, -0.15) is 0 Å². The van der Waals surface area contributed by atoms with Gasteiger partial charge in [-0.3, -0.25) is 9.59 Å². The Kier molecular flexibility index (Phi) is 6.12. The van der Waals surface area contributed by atoms with Crippen LogP contribution in [0.1, 0.15) is 31.2 Å². The second kappa shape index (κ2) is 8.71. The molecule has 0 heterocycles. The zero-order valence-electron chi connectivity index (χ0n) is 15.8. The monoisotopic (exact) mass is 366 g/mol. The van der Waals surface area contributed by atoms with Crippen LogP contribution in [0.4, 0.5) is 11.4 Å². The predicted molar refractivity (Wildman–Crippen MR) is 107 cm³/mol. The fraction of sp³-hybridized carbons (Fsp3) is 0.364. The van der Waals surface area contributed by atoms with Crippen LogP contribution in [0.2, 0.25) is 0 Å². The van der Waals surface area contributed by atoms with Crippen molar-refractivity contribution in [1.29, 1.82) is 0 Å². The van der Waals surface area contributed by atoms with E-state index in [0.29, 0.717) is 0 Å². The number of hydrogen-bond donors (Lipinski definition) is 2. The molecule has 5 heteroatoms. The van der Waals surface area contributed by atoms with Gasteiger partial charge < -0.3 is 15.4 Å². The largest absolute Gasteiger partial charge is 0.497 e. The van der Waals surface area contributed by atoms with Gasteiger partial charge >= 0.3 is 0 Å². The number of carbonyl (C=O) groups excluding carboxylic acids is 2. The third kappa shape index (κ3) is 5.09. The van der Waals surface area contributed by atoms with Gasteiger partial charge in [0.05, 0.1) is 7.11 Å². The van der Waals surface area contributed by atoms with E-state index >= 15 is 0 Å². The molecule has 142 valence electrons. The van der Waals surface area contributed by atoms with E-state index in [9.17, 15) is 9.59 Å². The van der Waals surface area contributed by atoms with E-state index in [0.717, 1.165) is 48.4 Å². The molecule has 0 unspecified atom stereocenters. The molecule has 27 heavy (non-hydrogen) atoms. The topological polar surface area (TPSA) is 67.4 Å². The molecule has 0 saturated heterocycles. The molecular weight excluding hydrogens is 340 g/mol. The molecule has 0 atom stereocenters. The maximum atomic E-state index is 12.5.